The molecule has 4 N–H and O–H groups in total. The molecule has 0 aliphatic heterocycles. The molecule has 0 spiro atoms. The number of rotatable bonds is 2. The average Bonchev–Trinajstić information content (AvgIpc) is 2.95. The lowest BCUT2D eigenvalue weighted by atomic mass is 10.2. The second kappa shape index (κ2) is 5.50. The van der Waals surface area contributed by atoms with E-state index in [0.717, 1.165) is 16.6 Å². The van der Waals surface area contributed by atoms with Crippen LogP contribution < -0.4 is 11.5 Å². The maximum Gasteiger partial charge on any atom is 0.281 e. The molecule has 0 bridgehead atoms. The Morgan fingerprint density at radius 3 is 2.82 bits per heavy atom. The van der Waals surface area contributed by atoms with Gasteiger partial charge in [-0.2, -0.15) is 4.99 Å². The van der Waals surface area contributed by atoms with E-state index in [4.69, 9.17) is 23.1 Å². The van der Waals surface area contributed by atoms with Crippen molar-refractivity contribution in [3.05, 3.63) is 59.5 Å². The number of pyridine rings is 1. The summed E-state index contributed by atoms with van der Waals surface area (Å²) in [6.07, 6.45) is 5.11. The molecule has 0 aliphatic rings. The molecule has 3 aromatic rings. The van der Waals surface area contributed by atoms with E-state index < -0.39 is 5.91 Å². The first-order chi connectivity index (χ1) is 10.5. The van der Waals surface area contributed by atoms with E-state index in [9.17, 15) is 4.79 Å². The summed E-state index contributed by atoms with van der Waals surface area (Å²) in [4.78, 5) is 19.6. The van der Waals surface area contributed by atoms with E-state index in [1.165, 1.54) is 0 Å². The number of amides is 1. The van der Waals surface area contributed by atoms with Crippen molar-refractivity contribution >= 4 is 34.4 Å². The number of hydrogen-bond acceptors (Lipinski definition) is 2. The highest BCUT2D eigenvalue weighted by atomic mass is 35.5. The van der Waals surface area contributed by atoms with E-state index >= 15 is 0 Å². The van der Waals surface area contributed by atoms with Crippen LogP contribution in [0.25, 0.3) is 16.6 Å². The Labute approximate surface area is 131 Å². The van der Waals surface area contributed by atoms with Gasteiger partial charge in [0, 0.05) is 29.0 Å². The first kappa shape index (κ1) is 14.1. The third kappa shape index (κ3) is 2.64. The summed E-state index contributed by atoms with van der Waals surface area (Å²) in [6, 6.07) is 8.97. The quantitative estimate of drug-likeness (QED) is 0.559. The predicted octanol–water partition coefficient (Wildman–Crippen LogP) is 2.09. The standard InChI is InChI=1S/C15H12ClN5O/c16-10-1-2-11-12(7-10)19-5-3-13(11)21-6-4-9(8-21)14(22)20-15(17)18/h1-8H,(H4,17,18,20,22). The zero-order valence-electron chi connectivity index (χ0n) is 11.4. The highest BCUT2D eigenvalue weighted by molar-refractivity contribution is 6.31. The number of aliphatic imine (C=N–C) groups is 1. The van der Waals surface area contributed by atoms with Crippen molar-refractivity contribution in [1.29, 1.82) is 0 Å². The van der Waals surface area contributed by atoms with Crippen molar-refractivity contribution in [1.82, 2.24) is 9.55 Å². The van der Waals surface area contributed by atoms with Gasteiger partial charge in [0.2, 0.25) is 0 Å². The molecule has 2 heterocycles. The Balaban J connectivity index is 2.07. The molecule has 0 saturated carbocycles. The molecule has 6 nitrogen and oxygen atoms in total. The van der Waals surface area contributed by atoms with Crippen molar-refractivity contribution in [2.24, 2.45) is 16.5 Å². The molecule has 1 aromatic carbocycles. The first-order valence-electron chi connectivity index (χ1n) is 6.41. The Morgan fingerprint density at radius 1 is 1.23 bits per heavy atom. The van der Waals surface area contributed by atoms with Gasteiger partial charge < -0.3 is 16.0 Å². The van der Waals surface area contributed by atoms with Gasteiger partial charge in [0.1, 0.15) is 0 Å². The number of carbonyl (C=O) groups is 1. The van der Waals surface area contributed by atoms with Gasteiger partial charge in [-0.05, 0) is 30.3 Å². The van der Waals surface area contributed by atoms with Gasteiger partial charge in [0.25, 0.3) is 5.91 Å². The van der Waals surface area contributed by atoms with Crippen LogP contribution in [-0.4, -0.2) is 21.4 Å². The zero-order chi connectivity index (χ0) is 15.7. The molecule has 7 heteroatoms. The van der Waals surface area contributed by atoms with Crippen molar-refractivity contribution in [2.45, 2.75) is 0 Å². The van der Waals surface area contributed by atoms with Gasteiger partial charge in [-0.25, -0.2) is 0 Å². The van der Waals surface area contributed by atoms with Crippen LogP contribution in [0, 0.1) is 0 Å². The van der Waals surface area contributed by atoms with Crippen molar-refractivity contribution in [3.8, 4) is 5.69 Å². The number of fused-ring (bicyclic) bond motifs is 1. The lowest BCUT2D eigenvalue weighted by Gasteiger charge is -2.07. The minimum Gasteiger partial charge on any atom is -0.370 e. The Bertz CT molecular complexity index is 896. The lowest BCUT2D eigenvalue weighted by molar-refractivity contribution is 0.100. The molecular weight excluding hydrogens is 302 g/mol. The number of aromatic nitrogens is 2. The Kier molecular flexibility index (Phi) is 3.52. The summed E-state index contributed by atoms with van der Waals surface area (Å²) < 4.78 is 1.81. The number of guanidine groups is 1. The fourth-order valence-electron chi connectivity index (χ4n) is 2.19. The minimum absolute atomic E-state index is 0.262. The SMILES string of the molecule is NC(N)=NC(=O)c1ccn(-c2ccnc3cc(Cl)ccc23)c1. The van der Waals surface area contributed by atoms with Crippen LogP contribution in [0.4, 0.5) is 0 Å². The molecule has 110 valence electrons. The average molecular weight is 314 g/mol. The highest BCUT2D eigenvalue weighted by Gasteiger charge is 2.09. The lowest BCUT2D eigenvalue weighted by Crippen LogP contribution is -2.24. The van der Waals surface area contributed by atoms with E-state index in [-0.39, 0.29) is 5.96 Å². The monoisotopic (exact) mass is 313 g/mol. The second-order valence-electron chi connectivity index (χ2n) is 4.64. The van der Waals surface area contributed by atoms with Crippen LogP contribution in [0.15, 0.2) is 53.9 Å². The van der Waals surface area contributed by atoms with E-state index in [2.05, 4.69) is 9.98 Å². The fourth-order valence-corrected chi connectivity index (χ4v) is 2.35. The largest absolute Gasteiger partial charge is 0.370 e. The molecule has 0 unspecified atom stereocenters. The minimum atomic E-state index is -0.486. The molecule has 0 fully saturated rings. The molecule has 0 radical (unpaired) electrons. The summed E-state index contributed by atoms with van der Waals surface area (Å²) in [6.45, 7) is 0. The van der Waals surface area contributed by atoms with Crippen LogP contribution in [-0.2, 0) is 0 Å². The van der Waals surface area contributed by atoms with Crippen molar-refractivity contribution in [3.63, 3.8) is 0 Å². The molecule has 2 aromatic heterocycles. The third-order valence-electron chi connectivity index (χ3n) is 3.13. The van der Waals surface area contributed by atoms with Crippen molar-refractivity contribution < 1.29 is 4.79 Å². The number of hydrogen-bond donors (Lipinski definition) is 2. The third-order valence-corrected chi connectivity index (χ3v) is 3.37. The smallest absolute Gasteiger partial charge is 0.281 e. The van der Waals surface area contributed by atoms with Crippen LogP contribution in [0.5, 0.6) is 0 Å². The fraction of sp³-hybridized carbons (Fsp3) is 0. The normalized spacial score (nSPS) is 10.6. The first-order valence-corrected chi connectivity index (χ1v) is 6.79. The maximum absolute atomic E-state index is 11.8. The molecule has 0 atom stereocenters. The Hall–Kier alpha value is -2.86. The van der Waals surface area contributed by atoms with Crippen LogP contribution in [0.3, 0.4) is 0 Å². The number of carbonyl (C=O) groups excluding carboxylic acids is 1. The molecule has 0 saturated heterocycles. The summed E-state index contributed by atoms with van der Waals surface area (Å²) in [5.74, 6) is -0.748. The van der Waals surface area contributed by atoms with Gasteiger partial charge in [-0.3, -0.25) is 9.78 Å². The molecule has 0 aliphatic carbocycles. The molecular formula is C15H12ClN5O. The maximum atomic E-state index is 11.8. The van der Waals surface area contributed by atoms with E-state index in [1.807, 2.05) is 16.7 Å². The van der Waals surface area contributed by atoms with Crippen molar-refractivity contribution in [2.75, 3.05) is 0 Å². The number of halogens is 1. The topological polar surface area (TPSA) is 99.3 Å². The molecule has 1 amide bonds. The molecule has 3 rings (SSSR count). The van der Waals surface area contributed by atoms with Gasteiger partial charge >= 0.3 is 0 Å². The van der Waals surface area contributed by atoms with Gasteiger partial charge in [0.15, 0.2) is 5.96 Å². The summed E-state index contributed by atoms with van der Waals surface area (Å²) >= 11 is 5.98. The van der Waals surface area contributed by atoms with Crippen LogP contribution in [0.1, 0.15) is 10.4 Å². The summed E-state index contributed by atoms with van der Waals surface area (Å²) in [5.41, 5.74) is 12.5. The number of benzene rings is 1. The van der Waals surface area contributed by atoms with Gasteiger partial charge in [-0.15, -0.1) is 0 Å². The Morgan fingerprint density at radius 2 is 2.05 bits per heavy atom. The van der Waals surface area contributed by atoms with Gasteiger partial charge in [-0.1, -0.05) is 11.6 Å². The van der Waals surface area contributed by atoms with E-state index in [1.54, 1.807) is 36.8 Å². The van der Waals surface area contributed by atoms with Crippen LogP contribution >= 0.6 is 11.6 Å². The van der Waals surface area contributed by atoms with E-state index in [0.29, 0.717) is 10.6 Å². The summed E-state index contributed by atoms with van der Waals surface area (Å²) in [5, 5.41) is 1.54. The second-order valence-corrected chi connectivity index (χ2v) is 5.08. The van der Waals surface area contributed by atoms with Crippen LogP contribution in [0.2, 0.25) is 5.02 Å². The predicted molar refractivity (Wildman–Crippen MR) is 86.2 cm³/mol. The number of nitrogens with two attached hydrogens (primary N) is 2. The summed E-state index contributed by atoms with van der Waals surface area (Å²) in [7, 11) is 0. The highest BCUT2D eigenvalue weighted by Crippen LogP contribution is 2.24. The molecule has 22 heavy (non-hydrogen) atoms. The van der Waals surface area contributed by atoms with Gasteiger partial charge in [0.05, 0.1) is 16.8 Å². The zero-order valence-corrected chi connectivity index (χ0v) is 12.2. The number of nitrogens with zero attached hydrogens (tertiary/aromatic N) is 3.